The third-order valence-corrected chi connectivity index (χ3v) is 4.66. The van der Waals surface area contributed by atoms with Gasteiger partial charge in [-0.1, -0.05) is 31.0 Å². The van der Waals surface area contributed by atoms with Crippen molar-refractivity contribution >= 4 is 11.6 Å². The molecule has 1 aromatic carbocycles. The molecular weight excluding hydrogens is 261 g/mol. The summed E-state index contributed by atoms with van der Waals surface area (Å²) >= 11 is 5.74. The molecule has 0 aliphatic heterocycles. The van der Waals surface area contributed by atoms with Crippen molar-refractivity contribution in [1.82, 2.24) is 5.32 Å². The van der Waals surface area contributed by atoms with E-state index in [1.165, 1.54) is 19.3 Å². The molecule has 1 aliphatic carbocycles. The van der Waals surface area contributed by atoms with Crippen LogP contribution >= 0.6 is 11.6 Å². The van der Waals surface area contributed by atoms with E-state index in [2.05, 4.69) is 12.2 Å². The van der Waals surface area contributed by atoms with Gasteiger partial charge < -0.3 is 5.32 Å². The molecule has 0 radical (unpaired) electrons. The fourth-order valence-electron chi connectivity index (χ4n) is 3.31. The minimum absolute atomic E-state index is 0.215. The summed E-state index contributed by atoms with van der Waals surface area (Å²) in [5.41, 5.74) is 1.07. The second-order valence-electron chi connectivity index (χ2n) is 5.95. The maximum atomic E-state index is 13.5. The molecule has 0 aromatic heterocycles. The van der Waals surface area contributed by atoms with Gasteiger partial charge in [-0.15, -0.1) is 0 Å². The van der Waals surface area contributed by atoms with Crippen LogP contribution in [0.25, 0.3) is 0 Å². The first kappa shape index (κ1) is 14.8. The standard InChI is InChI=1S/C16H23ClFN/c1-11-3-5-13(10-19-2)14(7-11)8-12-4-6-15(17)16(18)9-12/h4,6,9,11,13-14,19H,3,5,7-8,10H2,1-2H3. The number of nitrogens with one attached hydrogen (secondary N) is 1. The molecule has 3 unspecified atom stereocenters. The van der Waals surface area contributed by atoms with Gasteiger partial charge in [0.05, 0.1) is 5.02 Å². The van der Waals surface area contributed by atoms with Crippen molar-refractivity contribution in [1.29, 1.82) is 0 Å². The molecule has 2 rings (SSSR count). The zero-order valence-electron chi connectivity index (χ0n) is 11.8. The van der Waals surface area contributed by atoms with Gasteiger partial charge >= 0.3 is 0 Å². The van der Waals surface area contributed by atoms with Gasteiger partial charge in [-0.25, -0.2) is 4.39 Å². The van der Waals surface area contributed by atoms with Crippen LogP contribution in [-0.2, 0) is 6.42 Å². The third kappa shape index (κ3) is 3.93. The highest BCUT2D eigenvalue weighted by Crippen LogP contribution is 2.35. The van der Waals surface area contributed by atoms with Crippen LogP contribution in [-0.4, -0.2) is 13.6 Å². The molecular formula is C16H23ClFN. The Morgan fingerprint density at radius 3 is 2.79 bits per heavy atom. The lowest BCUT2D eigenvalue weighted by Gasteiger charge is -2.35. The second-order valence-corrected chi connectivity index (χ2v) is 6.36. The molecule has 0 bridgehead atoms. The summed E-state index contributed by atoms with van der Waals surface area (Å²) in [6.07, 6.45) is 4.81. The van der Waals surface area contributed by atoms with Crippen LogP contribution < -0.4 is 5.32 Å². The largest absolute Gasteiger partial charge is 0.319 e. The zero-order chi connectivity index (χ0) is 13.8. The smallest absolute Gasteiger partial charge is 0.142 e. The van der Waals surface area contributed by atoms with Crippen LogP contribution in [0.3, 0.4) is 0 Å². The van der Waals surface area contributed by atoms with E-state index in [0.29, 0.717) is 11.8 Å². The molecule has 3 heteroatoms. The fourth-order valence-corrected chi connectivity index (χ4v) is 3.43. The summed E-state index contributed by atoms with van der Waals surface area (Å²) in [5, 5.41) is 3.51. The number of rotatable bonds is 4. The molecule has 0 heterocycles. The van der Waals surface area contributed by atoms with Crippen molar-refractivity contribution in [3.05, 3.63) is 34.6 Å². The van der Waals surface area contributed by atoms with E-state index in [-0.39, 0.29) is 10.8 Å². The molecule has 1 nitrogen and oxygen atoms in total. The summed E-state index contributed by atoms with van der Waals surface area (Å²) < 4.78 is 13.5. The van der Waals surface area contributed by atoms with Crippen molar-refractivity contribution < 1.29 is 4.39 Å². The van der Waals surface area contributed by atoms with Crippen molar-refractivity contribution in [3.63, 3.8) is 0 Å². The Labute approximate surface area is 120 Å². The Kier molecular flexibility index (Phi) is 5.23. The molecule has 1 N–H and O–H groups in total. The number of hydrogen-bond acceptors (Lipinski definition) is 1. The number of halogens is 2. The highest BCUT2D eigenvalue weighted by atomic mass is 35.5. The highest BCUT2D eigenvalue weighted by molar-refractivity contribution is 6.30. The third-order valence-electron chi connectivity index (χ3n) is 4.35. The predicted octanol–water partition coefficient (Wildman–Crippen LogP) is 4.29. The number of hydrogen-bond donors (Lipinski definition) is 1. The monoisotopic (exact) mass is 283 g/mol. The van der Waals surface area contributed by atoms with E-state index in [1.54, 1.807) is 12.1 Å². The van der Waals surface area contributed by atoms with Gasteiger partial charge in [-0.05, 0) is 68.3 Å². The van der Waals surface area contributed by atoms with Crippen LogP contribution in [0.5, 0.6) is 0 Å². The van der Waals surface area contributed by atoms with Crippen LogP contribution in [0.2, 0.25) is 5.02 Å². The van der Waals surface area contributed by atoms with Gasteiger partial charge in [-0.3, -0.25) is 0 Å². The van der Waals surface area contributed by atoms with Crippen molar-refractivity contribution in [3.8, 4) is 0 Å². The van der Waals surface area contributed by atoms with Crippen LogP contribution in [0.15, 0.2) is 18.2 Å². The fraction of sp³-hybridized carbons (Fsp3) is 0.625. The average Bonchev–Trinajstić information content (AvgIpc) is 2.37. The molecule has 1 saturated carbocycles. The van der Waals surface area contributed by atoms with Crippen molar-refractivity contribution in [2.24, 2.45) is 17.8 Å². The average molecular weight is 284 g/mol. The Balaban J connectivity index is 2.07. The summed E-state index contributed by atoms with van der Waals surface area (Å²) in [7, 11) is 2.01. The molecule has 1 aromatic rings. The molecule has 1 fully saturated rings. The molecule has 106 valence electrons. The molecule has 3 atom stereocenters. The van der Waals surface area contributed by atoms with Crippen LogP contribution in [0.1, 0.15) is 31.7 Å². The topological polar surface area (TPSA) is 12.0 Å². The quantitative estimate of drug-likeness (QED) is 0.869. The first-order chi connectivity index (χ1) is 9.10. The summed E-state index contributed by atoms with van der Waals surface area (Å²) in [6, 6.07) is 5.23. The maximum Gasteiger partial charge on any atom is 0.142 e. The van der Waals surface area contributed by atoms with E-state index < -0.39 is 0 Å². The minimum atomic E-state index is -0.298. The summed E-state index contributed by atoms with van der Waals surface area (Å²) in [6.45, 7) is 3.39. The molecule has 19 heavy (non-hydrogen) atoms. The van der Waals surface area contributed by atoms with Crippen LogP contribution in [0.4, 0.5) is 4.39 Å². The Morgan fingerprint density at radius 1 is 1.32 bits per heavy atom. The Hall–Kier alpha value is -0.600. The van der Waals surface area contributed by atoms with E-state index >= 15 is 0 Å². The highest BCUT2D eigenvalue weighted by Gasteiger charge is 2.28. The summed E-state index contributed by atoms with van der Waals surface area (Å²) in [5.74, 6) is 1.85. The first-order valence-corrected chi connectivity index (χ1v) is 7.56. The van der Waals surface area contributed by atoms with Crippen LogP contribution in [0, 0.1) is 23.6 Å². The normalized spacial score (nSPS) is 27.5. The molecule has 0 spiro atoms. The predicted molar refractivity (Wildman–Crippen MR) is 79.0 cm³/mol. The van der Waals surface area contributed by atoms with Gasteiger partial charge in [0.1, 0.15) is 5.82 Å². The molecule has 1 aliphatic rings. The Morgan fingerprint density at radius 2 is 2.11 bits per heavy atom. The van der Waals surface area contributed by atoms with E-state index in [1.807, 2.05) is 13.1 Å². The van der Waals surface area contributed by atoms with E-state index in [4.69, 9.17) is 11.6 Å². The lowest BCUT2D eigenvalue weighted by molar-refractivity contribution is 0.186. The zero-order valence-corrected chi connectivity index (χ0v) is 12.5. The van der Waals surface area contributed by atoms with Gasteiger partial charge in [0.2, 0.25) is 0 Å². The lowest BCUT2D eigenvalue weighted by atomic mass is 9.72. The van der Waals surface area contributed by atoms with Gasteiger partial charge in [0.25, 0.3) is 0 Å². The summed E-state index contributed by atoms with van der Waals surface area (Å²) in [4.78, 5) is 0. The van der Waals surface area contributed by atoms with Crippen molar-refractivity contribution in [2.45, 2.75) is 32.6 Å². The Bertz CT molecular complexity index is 421. The first-order valence-electron chi connectivity index (χ1n) is 7.18. The van der Waals surface area contributed by atoms with Gasteiger partial charge in [-0.2, -0.15) is 0 Å². The number of benzene rings is 1. The van der Waals surface area contributed by atoms with Crippen molar-refractivity contribution in [2.75, 3.05) is 13.6 Å². The SMILES string of the molecule is CNCC1CCC(C)CC1Cc1ccc(Cl)c(F)c1. The minimum Gasteiger partial charge on any atom is -0.319 e. The van der Waals surface area contributed by atoms with Gasteiger partial charge in [0, 0.05) is 0 Å². The maximum absolute atomic E-state index is 13.5. The van der Waals surface area contributed by atoms with E-state index in [0.717, 1.165) is 24.4 Å². The van der Waals surface area contributed by atoms with E-state index in [9.17, 15) is 4.39 Å². The van der Waals surface area contributed by atoms with Gasteiger partial charge in [0.15, 0.2) is 0 Å². The molecule has 0 saturated heterocycles. The molecule has 0 amide bonds. The second kappa shape index (κ2) is 6.71. The lowest BCUT2D eigenvalue weighted by Crippen LogP contribution is -2.32.